The molecular formula is C25H25N3O3S. The molecule has 164 valence electrons. The highest BCUT2D eigenvalue weighted by Gasteiger charge is 2.39. The number of ketones is 1. The molecule has 6 nitrogen and oxygen atoms in total. The molecule has 1 aromatic carbocycles. The molecule has 1 N–H and O–H groups in total. The number of nitrogens with one attached hydrogen (secondary N) is 1. The summed E-state index contributed by atoms with van der Waals surface area (Å²) in [4.78, 5) is 31.4. The molecule has 0 saturated carbocycles. The number of Topliss-reactive ketones (excluding diaryl/α,β-unsaturated/α-hetero) is 1. The number of hydrogen-bond acceptors (Lipinski definition) is 6. The van der Waals surface area contributed by atoms with E-state index in [4.69, 9.17) is 4.74 Å². The first-order valence-electron chi connectivity index (χ1n) is 10.9. The van der Waals surface area contributed by atoms with Crippen LogP contribution in [0.2, 0.25) is 0 Å². The van der Waals surface area contributed by atoms with Crippen molar-refractivity contribution in [1.29, 1.82) is 0 Å². The molecule has 7 heteroatoms. The summed E-state index contributed by atoms with van der Waals surface area (Å²) < 4.78 is 7.50. The number of esters is 1. The number of hydrogen-bond donors (Lipinski definition) is 1. The lowest BCUT2D eigenvalue weighted by Crippen LogP contribution is -2.34. The topological polar surface area (TPSA) is 73.2 Å². The van der Waals surface area contributed by atoms with Crippen LogP contribution >= 0.6 is 11.3 Å². The van der Waals surface area contributed by atoms with Crippen molar-refractivity contribution in [2.24, 2.45) is 0 Å². The number of para-hydroxylation sites is 2. The zero-order chi connectivity index (χ0) is 22.2. The number of carbonyl (C=O) groups is 2. The summed E-state index contributed by atoms with van der Waals surface area (Å²) in [5.41, 5.74) is 6.17. The molecule has 32 heavy (non-hydrogen) atoms. The smallest absolute Gasteiger partial charge is 0.336 e. The molecule has 0 amide bonds. The number of allylic oxidation sites excluding steroid dienone is 3. The molecule has 1 aliphatic heterocycles. The van der Waals surface area contributed by atoms with Gasteiger partial charge in [-0.2, -0.15) is 0 Å². The minimum absolute atomic E-state index is 0.119. The van der Waals surface area contributed by atoms with Gasteiger partial charge in [-0.15, -0.1) is 11.3 Å². The number of aromatic nitrogens is 2. The molecule has 2 aliphatic rings. The van der Waals surface area contributed by atoms with Gasteiger partial charge >= 0.3 is 5.97 Å². The first-order chi connectivity index (χ1) is 15.6. The van der Waals surface area contributed by atoms with E-state index in [0.29, 0.717) is 25.1 Å². The van der Waals surface area contributed by atoms with Crippen LogP contribution in [0.1, 0.15) is 49.5 Å². The van der Waals surface area contributed by atoms with Crippen molar-refractivity contribution in [3.8, 4) is 0 Å². The van der Waals surface area contributed by atoms with Crippen LogP contribution in [0.15, 0.2) is 64.6 Å². The van der Waals surface area contributed by atoms with E-state index in [1.165, 1.54) is 0 Å². The second-order valence-corrected chi connectivity index (χ2v) is 9.15. The third kappa shape index (κ3) is 3.56. The van der Waals surface area contributed by atoms with Gasteiger partial charge in [0.25, 0.3) is 0 Å². The number of thiophene rings is 1. The summed E-state index contributed by atoms with van der Waals surface area (Å²) in [6.45, 7) is 4.67. The van der Waals surface area contributed by atoms with Crippen molar-refractivity contribution < 1.29 is 14.3 Å². The Morgan fingerprint density at radius 1 is 1.31 bits per heavy atom. The second-order valence-electron chi connectivity index (χ2n) is 8.20. The van der Waals surface area contributed by atoms with Gasteiger partial charge in [0.05, 0.1) is 35.5 Å². The van der Waals surface area contributed by atoms with E-state index in [9.17, 15) is 9.59 Å². The zero-order valence-electron chi connectivity index (χ0n) is 18.2. The fourth-order valence-electron chi connectivity index (χ4n) is 4.71. The Morgan fingerprint density at radius 2 is 2.16 bits per heavy atom. The number of nitrogens with zero attached hydrogens (tertiary/aromatic N) is 2. The van der Waals surface area contributed by atoms with Crippen LogP contribution in [0.5, 0.6) is 0 Å². The fraction of sp³-hybridized carbons (Fsp3) is 0.320. The molecule has 3 heterocycles. The summed E-state index contributed by atoms with van der Waals surface area (Å²) in [7, 11) is 0. The Morgan fingerprint density at radius 3 is 3.00 bits per heavy atom. The van der Waals surface area contributed by atoms with Crippen LogP contribution in [0, 0.1) is 0 Å². The molecule has 0 saturated heterocycles. The van der Waals surface area contributed by atoms with Crippen molar-refractivity contribution in [2.75, 3.05) is 6.61 Å². The van der Waals surface area contributed by atoms with Gasteiger partial charge in [0.2, 0.25) is 0 Å². The van der Waals surface area contributed by atoms with Gasteiger partial charge in [-0.05, 0) is 55.8 Å². The molecule has 2 aromatic heterocycles. The minimum Gasteiger partial charge on any atom is -0.463 e. The standard InChI is InChI=1S/C25H25N3O3S/c1-3-31-25(30)22-15(2)27-18-8-6-10-20(29)23(18)24(22)21-11-16(13-32-21)12-28-14-26-17-7-4-5-9-19(17)28/h4-5,7,9,11,13-14,24,27H,3,6,8,10,12H2,1-2H3/t24-/m0/s1. The number of ether oxygens (including phenoxy) is 1. The van der Waals surface area contributed by atoms with E-state index in [-0.39, 0.29) is 17.7 Å². The van der Waals surface area contributed by atoms with E-state index in [1.807, 2.05) is 31.5 Å². The largest absolute Gasteiger partial charge is 0.463 e. The van der Waals surface area contributed by atoms with E-state index >= 15 is 0 Å². The fourth-order valence-corrected chi connectivity index (χ4v) is 5.73. The molecule has 0 spiro atoms. The van der Waals surface area contributed by atoms with Crippen molar-refractivity contribution in [3.05, 3.63) is 75.0 Å². The Kier molecular flexibility index (Phi) is 5.43. The third-order valence-corrected chi connectivity index (χ3v) is 7.16. The second kappa shape index (κ2) is 8.39. The quantitative estimate of drug-likeness (QED) is 0.575. The highest BCUT2D eigenvalue weighted by Crippen LogP contribution is 2.44. The van der Waals surface area contributed by atoms with Crippen LogP contribution in [0.3, 0.4) is 0 Å². The predicted octanol–water partition coefficient (Wildman–Crippen LogP) is 4.68. The maximum absolute atomic E-state index is 13.0. The predicted molar refractivity (Wildman–Crippen MR) is 124 cm³/mol. The molecule has 0 bridgehead atoms. The maximum atomic E-state index is 13.0. The van der Waals surface area contributed by atoms with E-state index in [2.05, 4.69) is 32.4 Å². The summed E-state index contributed by atoms with van der Waals surface area (Å²) in [6.07, 6.45) is 4.03. The van der Waals surface area contributed by atoms with E-state index in [1.54, 1.807) is 18.3 Å². The summed E-state index contributed by atoms with van der Waals surface area (Å²) in [5.74, 6) is -0.618. The third-order valence-electron chi connectivity index (χ3n) is 6.11. The zero-order valence-corrected chi connectivity index (χ0v) is 19.0. The van der Waals surface area contributed by atoms with Gasteiger partial charge in [-0.3, -0.25) is 4.79 Å². The molecule has 3 aromatic rings. The molecular weight excluding hydrogens is 422 g/mol. The Bertz CT molecular complexity index is 1280. The van der Waals surface area contributed by atoms with Crippen LogP contribution in [0.4, 0.5) is 0 Å². The van der Waals surface area contributed by atoms with Crippen molar-refractivity contribution >= 4 is 34.1 Å². The summed E-state index contributed by atoms with van der Waals surface area (Å²) >= 11 is 1.59. The monoisotopic (exact) mass is 447 g/mol. The lowest BCUT2D eigenvalue weighted by atomic mass is 9.78. The number of rotatable bonds is 5. The normalized spacial score (nSPS) is 18.7. The molecule has 5 rings (SSSR count). The van der Waals surface area contributed by atoms with Crippen LogP contribution in [-0.2, 0) is 20.9 Å². The first kappa shape index (κ1) is 20.7. The van der Waals surface area contributed by atoms with E-state index in [0.717, 1.165) is 51.3 Å². The van der Waals surface area contributed by atoms with Gasteiger partial charge in [-0.25, -0.2) is 9.78 Å². The maximum Gasteiger partial charge on any atom is 0.336 e. The highest BCUT2D eigenvalue weighted by molar-refractivity contribution is 7.10. The Labute approximate surface area is 190 Å². The minimum atomic E-state index is -0.378. The lowest BCUT2D eigenvalue weighted by molar-refractivity contribution is -0.138. The number of fused-ring (bicyclic) bond motifs is 1. The van der Waals surface area contributed by atoms with Gasteiger partial charge in [-0.1, -0.05) is 12.1 Å². The number of carbonyl (C=O) groups excluding carboxylic acids is 2. The molecule has 1 atom stereocenters. The number of dihydropyridines is 1. The average molecular weight is 448 g/mol. The van der Waals surface area contributed by atoms with Crippen molar-refractivity contribution in [2.45, 2.75) is 45.6 Å². The lowest BCUT2D eigenvalue weighted by Gasteiger charge is -2.33. The molecule has 0 fully saturated rings. The average Bonchev–Trinajstić information content (AvgIpc) is 3.41. The molecule has 1 aliphatic carbocycles. The van der Waals surface area contributed by atoms with Gasteiger partial charge < -0.3 is 14.6 Å². The number of imidazole rings is 1. The van der Waals surface area contributed by atoms with Gasteiger partial charge in [0, 0.05) is 34.8 Å². The van der Waals surface area contributed by atoms with E-state index < -0.39 is 0 Å². The Hall–Kier alpha value is -3.19. The van der Waals surface area contributed by atoms with Gasteiger partial charge in [0.1, 0.15) is 0 Å². The van der Waals surface area contributed by atoms with Crippen LogP contribution < -0.4 is 5.32 Å². The highest BCUT2D eigenvalue weighted by atomic mass is 32.1. The van der Waals surface area contributed by atoms with Crippen LogP contribution in [0.25, 0.3) is 11.0 Å². The SMILES string of the molecule is CCOC(=O)C1=C(C)NC2=C(C(=O)CCC2)[C@H]1c1cc(Cn2cnc3ccccc32)cs1. The number of benzene rings is 1. The van der Waals surface area contributed by atoms with Crippen molar-refractivity contribution in [1.82, 2.24) is 14.9 Å². The first-order valence-corrected chi connectivity index (χ1v) is 11.8. The molecule has 0 unspecified atom stereocenters. The summed E-state index contributed by atoms with van der Waals surface area (Å²) in [6, 6.07) is 10.2. The molecule has 0 radical (unpaired) electrons. The Balaban J connectivity index is 1.54. The van der Waals surface area contributed by atoms with Crippen LogP contribution in [-0.4, -0.2) is 27.9 Å². The van der Waals surface area contributed by atoms with Crippen molar-refractivity contribution in [3.63, 3.8) is 0 Å². The van der Waals surface area contributed by atoms with Gasteiger partial charge in [0.15, 0.2) is 5.78 Å². The summed E-state index contributed by atoms with van der Waals surface area (Å²) in [5, 5.41) is 5.44.